The van der Waals surface area contributed by atoms with E-state index in [2.05, 4.69) is 18.0 Å². The molecular formula is C9H20N2O4. The van der Waals surface area contributed by atoms with Gasteiger partial charge in [-0.25, -0.2) is 9.59 Å². The highest BCUT2D eigenvalue weighted by molar-refractivity contribution is 5.64. The van der Waals surface area contributed by atoms with Crippen molar-refractivity contribution in [2.45, 2.75) is 39.0 Å². The van der Waals surface area contributed by atoms with E-state index >= 15 is 0 Å². The summed E-state index contributed by atoms with van der Waals surface area (Å²) in [5.41, 5.74) is 4.03. The molecule has 5 N–H and O–H groups in total. The van der Waals surface area contributed by atoms with E-state index in [0.29, 0.717) is 6.54 Å². The van der Waals surface area contributed by atoms with Gasteiger partial charge in [0.05, 0.1) is 0 Å². The van der Waals surface area contributed by atoms with E-state index in [0.717, 1.165) is 12.8 Å². The van der Waals surface area contributed by atoms with E-state index in [9.17, 15) is 4.79 Å². The van der Waals surface area contributed by atoms with Gasteiger partial charge in [-0.1, -0.05) is 32.6 Å². The molecule has 0 aromatic heterocycles. The summed E-state index contributed by atoms with van der Waals surface area (Å²) in [6, 6.07) is 0. The van der Waals surface area contributed by atoms with Crippen LogP contribution in [-0.2, 0) is 0 Å². The van der Waals surface area contributed by atoms with Crippen LogP contribution in [0.3, 0.4) is 0 Å². The summed E-state index contributed by atoms with van der Waals surface area (Å²) in [4.78, 5) is 18.8. The van der Waals surface area contributed by atoms with Crippen molar-refractivity contribution in [2.24, 2.45) is 5.73 Å². The van der Waals surface area contributed by atoms with Gasteiger partial charge >= 0.3 is 12.2 Å². The summed E-state index contributed by atoms with van der Waals surface area (Å²) < 4.78 is 0. The molecule has 0 aromatic carbocycles. The van der Waals surface area contributed by atoms with Crippen LogP contribution in [0.2, 0.25) is 0 Å². The van der Waals surface area contributed by atoms with Crippen molar-refractivity contribution in [1.82, 2.24) is 5.32 Å². The van der Waals surface area contributed by atoms with E-state index in [1.54, 1.807) is 0 Å². The van der Waals surface area contributed by atoms with Gasteiger partial charge in [-0.2, -0.15) is 0 Å². The molecule has 90 valence electrons. The van der Waals surface area contributed by atoms with Gasteiger partial charge in [0.25, 0.3) is 0 Å². The smallest absolute Gasteiger partial charge is 0.404 e. The third-order valence-electron chi connectivity index (χ3n) is 1.56. The highest BCUT2D eigenvalue weighted by Crippen LogP contribution is 2.00. The normalized spacial score (nSPS) is 8.60. The van der Waals surface area contributed by atoms with Gasteiger partial charge < -0.3 is 21.3 Å². The number of primary amides is 1. The minimum atomic E-state index is -1.33. The first kappa shape index (κ1) is 16.0. The Morgan fingerprint density at radius 3 is 2.00 bits per heavy atom. The van der Waals surface area contributed by atoms with Crippen LogP contribution in [0.25, 0.3) is 0 Å². The molecule has 0 fully saturated rings. The largest absolute Gasteiger partial charge is 0.465 e. The summed E-state index contributed by atoms with van der Waals surface area (Å²) in [6.07, 6.45) is 3.55. The Hall–Kier alpha value is -1.46. The molecule has 2 amide bonds. The van der Waals surface area contributed by atoms with Crippen molar-refractivity contribution in [2.75, 3.05) is 6.54 Å². The Morgan fingerprint density at radius 2 is 1.60 bits per heavy atom. The van der Waals surface area contributed by atoms with Crippen molar-refractivity contribution >= 4 is 12.2 Å². The van der Waals surface area contributed by atoms with E-state index < -0.39 is 12.2 Å². The molecule has 0 aliphatic rings. The second-order valence-electron chi connectivity index (χ2n) is 2.98. The zero-order chi connectivity index (χ0) is 12.1. The number of hydrogen-bond acceptors (Lipinski definition) is 2. The predicted molar refractivity (Wildman–Crippen MR) is 57.0 cm³/mol. The number of amides is 2. The van der Waals surface area contributed by atoms with Gasteiger partial charge in [0.1, 0.15) is 0 Å². The molecule has 0 radical (unpaired) electrons. The molecule has 15 heavy (non-hydrogen) atoms. The van der Waals surface area contributed by atoms with Crippen LogP contribution in [-0.4, -0.2) is 28.9 Å². The van der Waals surface area contributed by atoms with Crippen LogP contribution in [0.1, 0.15) is 39.0 Å². The molecule has 0 saturated carbocycles. The molecule has 0 saturated heterocycles. The van der Waals surface area contributed by atoms with Crippen molar-refractivity contribution in [3.8, 4) is 0 Å². The Bertz CT molecular complexity index is 169. The average Bonchev–Trinajstić information content (AvgIpc) is 2.09. The number of hydrogen-bond donors (Lipinski definition) is 4. The van der Waals surface area contributed by atoms with Crippen molar-refractivity contribution in [3.05, 3.63) is 0 Å². The third-order valence-corrected chi connectivity index (χ3v) is 1.56. The Labute approximate surface area is 89.5 Å². The predicted octanol–water partition coefficient (Wildman–Crippen LogP) is 1.85. The fraction of sp³-hybridized carbons (Fsp3) is 0.778. The molecule has 0 aliphatic carbocycles. The van der Waals surface area contributed by atoms with Crippen LogP contribution in [0.4, 0.5) is 9.59 Å². The fourth-order valence-corrected chi connectivity index (χ4v) is 0.924. The molecular weight excluding hydrogens is 200 g/mol. The minimum Gasteiger partial charge on any atom is -0.465 e. The van der Waals surface area contributed by atoms with Gasteiger partial charge in [-0.3, -0.25) is 0 Å². The first-order chi connectivity index (χ1) is 7.00. The van der Waals surface area contributed by atoms with Gasteiger partial charge in [0.2, 0.25) is 0 Å². The zero-order valence-electron chi connectivity index (χ0n) is 9.03. The Kier molecular flexibility index (Phi) is 13.4. The van der Waals surface area contributed by atoms with E-state index in [4.69, 9.17) is 15.0 Å². The summed E-state index contributed by atoms with van der Waals surface area (Å²) in [6.45, 7) is 2.76. The number of carboxylic acid groups (broad SMARTS) is 2. The van der Waals surface area contributed by atoms with E-state index in [-0.39, 0.29) is 0 Å². The standard InChI is InChI=1S/C8H17NO2.CH3NO2/c1-2-3-4-5-6-7-9-8(10)11;2-1(3)4/h9H,2-7H2,1H3,(H,10,11);2H2,(H,3,4). The quantitative estimate of drug-likeness (QED) is 0.511. The van der Waals surface area contributed by atoms with Crippen LogP contribution in [0.15, 0.2) is 0 Å². The van der Waals surface area contributed by atoms with Gasteiger partial charge in [-0.05, 0) is 6.42 Å². The minimum absolute atomic E-state index is 0.596. The lowest BCUT2D eigenvalue weighted by atomic mass is 10.1. The molecule has 0 heterocycles. The topological polar surface area (TPSA) is 113 Å². The van der Waals surface area contributed by atoms with E-state index in [1.165, 1.54) is 19.3 Å². The summed E-state index contributed by atoms with van der Waals surface area (Å²) >= 11 is 0. The highest BCUT2D eigenvalue weighted by Gasteiger charge is 1.92. The average molecular weight is 220 g/mol. The maximum atomic E-state index is 9.98. The first-order valence-corrected chi connectivity index (χ1v) is 4.95. The molecule has 0 atom stereocenters. The number of nitrogens with two attached hydrogens (primary N) is 1. The lowest BCUT2D eigenvalue weighted by Crippen LogP contribution is -2.21. The van der Waals surface area contributed by atoms with Crippen molar-refractivity contribution in [3.63, 3.8) is 0 Å². The molecule has 0 aromatic rings. The number of rotatable bonds is 6. The first-order valence-electron chi connectivity index (χ1n) is 4.95. The molecule has 0 spiro atoms. The zero-order valence-corrected chi connectivity index (χ0v) is 9.03. The van der Waals surface area contributed by atoms with Gasteiger partial charge in [0, 0.05) is 6.54 Å². The van der Waals surface area contributed by atoms with Crippen LogP contribution in [0, 0.1) is 0 Å². The molecule has 0 rings (SSSR count). The van der Waals surface area contributed by atoms with Crippen LogP contribution < -0.4 is 11.1 Å². The molecule has 0 bridgehead atoms. The Balaban J connectivity index is 0. The van der Waals surface area contributed by atoms with Gasteiger partial charge in [-0.15, -0.1) is 0 Å². The SMILES string of the molecule is CCCCCCCNC(=O)O.NC(=O)O. The summed E-state index contributed by atoms with van der Waals surface area (Å²) in [7, 11) is 0. The van der Waals surface area contributed by atoms with E-state index in [1.807, 2.05) is 0 Å². The maximum Gasteiger partial charge on any atom is 0.404 e. The fourth-order valence-electron chi connectivity index (χ4n) is 0.924. The highest BCUT2D eigenvalue weighted by atomic mass is 16.4. The maximum absolute atomic E-state index is 9.98. The van der Waals surface area contributed by atoms with Crippen molar-refractivity contribution in [1.29, 1.82) is 0 Å². The second-order valence-corrected chi connectivity index (χ2v) is 2.98. The monoisotopic (exact) mass is 220 g/mol. The second kappa shape index (κ2) is 12.5. The molecule has 0 unspecified atom stereocenters. The van der Waals surface area contributed by atoms with Gasteiger partial charge in [0.15, 0.2) is 0 Å². The van der Waals surface area contributed by atoms with Crippen molar-refractivity contribution < 1.29 is 19.8 Å². The number of unbranched alkanes of at least 4 members (excludes halogenated alkanes) is 4. The molecule has 6 heteroatoms. The summed E-state index contributed by atoms with van der Waals surface area (Å²) in [5.74, 6) is 0. The molecule has 0 aliphatic heterocycles. The lowest BCUT2D eigenvalue weighted by Gasteiger charge is -1.99. The molecule has 6 nitrogen and oxygen atoms in total. The lowest BCUT2D eigenvalue weighted by molar-refractivity contribution is 0.194. The Morgan fingerprint density at radius 1 is 1.13 bits per heavy atom. The summed E-state index contributed by atoms with van der Waals surface area (Å²) in [5, 5.41) is 17.7. The third kappa shape index (κ3) is 32.6. The van der Waals surface area contributed by atoms with Crippen LogP contribution >= 0.6 is 0 Å². The number of carbonyl (C=O) groups is 2. The number of nitrogens with one attached hydrogen (secondary N) is 1. The van der Waals surface area contributed by atoms with Crippen LogP contribution in [0.5, 0.6) is 0 Å².